The van der Waals surface area contributed by atoms with Gasteiger partial charge >= 0.3 is 0 Å². The fraction of sp³-hybridized carbons (Fsp3) is 0.286. The third-order valence-electron chi connectivity index (χ3n) is 2.65. The van der Waals surface area contributed by atoms with Crippen LogP contribution in [0.5, 0.6) is 0 Å². The Balaban J connectivity index is 2.35. The highest BCUT2D eigenvalue weighted by atomic mass is 79.9. The Morgan fingerprint density at radius 2 is 2.05 bits per heavy atom. The van der Waals surface area contributed by atoms with E-state index >= 15 is 0 Å². The first-order valence-electron chi connectivity index (χ1n) is 6.14. The molecular formula is C14H15BrN2O2. The molecule has 0 radical (unpaired) electrons. The van der Waals surface area contributed by atoms with Crippen molar-refractivity contribution in [3.8, 4) is 11.3 Å². The number of halogens is 1. The van der Waals surface area contributed by atoms with Crippen LogP contribution in [0.15, 0.2) is 39.6 Å². The molecule has 1 N–H and O–H groups in total. The zero-order chi connectivity index (χ0) is 13.7. The first-order valence-corrected chi connectivity index (χ1v) is 6.93. The number of aromatic nitrogens is 2. The van der Waals surface area contributed by atoms with Gasteiger partial charge in [0.05, 0.1) is 12.3 Å². The molecular weight excluding hydrogens is 308 g/mol. The van der Waals surface area contributed by atoms with Crippen molar-refractivity contribution in [1.82, 2.24) is 9.97 Å². The Bertz CT molecular complexity index is 596. The molecule has 0 amide bonds. The van der Waals surface area contributed by atoms with E-state index in [9.17, 15) is 4.79 Å². The van der Waals surface area contributed by atoms with E-state index in [0.29, 0.717) is 35.6 Å². The van der Waals surface area contributed by atoms with Crippen LogP contribution in [-0.2, 0) is 11.2 Å². The van der Waals surface area contributed by atoms with Crippen molar-refractivity contribution in [2.24, 2.45) is 0 Å². The van der Waals surface area contributed by atoms with Gasteiger partial charge in [0, 0.05) is 18.6 Å². The predicted octanol–water partition coefficient (Wildman–Crippen LogP) is 2.78. The van der Waals surface area contributed by atoms with Crippen LogP contribution in [0.25, 0.3) is 11.3 Å². The van der Waals surface area contributed by atoms with Crippen LogP contribution in [-0.4, -0.2) is 23.2 Å². The number of aromatic amines is 1. The summed E-state index contributed by atoms with van der Waals surface area (Å²) in [5.41, 5.74) is 1.41. The molecule has 0 aliphatic heterocycles. The minimum atomic E-state index is -0.166. The molecule has 0 atom stereocenters. The fourth-order valence-corrected chi connectivity index (χ4v) is 2.14. The summed E-state index contributed by atoms with van der Waals surface area (Å²) in [6.07, 6.45) is 0.593. The lowest BCUT2D eigenvalue weighted by molar-refractivity contribution is 0.149. The Morgan fingerprint density at radius 3 is 2.74 bits per heavy atom. The number of H-pyrrole nitrogens is 1. The van der Waals surface area contributed by atoms with Crippen molar-refractivity contribution in [2.45, 2.75) is 13.3 Å². The second-order valence-corrected chi connectivity index (χ2v) is 4.78. The first-order chi connectivity index (χ1) is 9.22. The van der Waals surface area contributed by atoms with Gasteiger partial charge < -0.3 is 9.72 Å². The SMILES string of the molecule is CCOCCc1nc(-c2ccccc2)c(Br)c(=O)[nH]1. The predicted molar refractivity (Wildman–Crippen MR) is 78.2 cm³/mol. The average molecular weight is 323 g/mol. The maximum atomic E-state index is 11.9. The van der Waals surface area contributed by atoms with E-state index in [1.54, 1.807) is 0 Å². The Labute approximate surface area is 120 Å². The second-order valence-electron chi connectivity index (χ2n) is 3.99. The summed E-state index contributed by atoms with van der Waals surface area (Å²) in [4.78, 5) is 19.1. The summed E-state index contributed by atoms with van der Waals surface area (Å²) in [6, 6.07) is 9.63. The molecule has 0 aliphatic rings. The number of hydrogen-bond acceptors (Lipinski definition) is 3. The van der Waals surface area contributed by atoms with Crippen molar-refractivity contribution >= 4 is 15.9 Å². The van der Waals surface area contributed by atoms with Crippen molar-refractivity contribution < 1.29 is 4.74 Å². The highest BCUT2D eigenvalue weighted by molar-refractivity contribution is 9.10. The number of rotatable bonds is 5. The molecule has 0 bridgehead atoms. The number of nitrogens with one attached hydrogen (secondary N) is 1. The minimum absolute atomic E-state index is 0.166. The van der Waals surface area contributed by atoms with Gasteiger partial charge in [0.25, 0.3) is 5.56 Å². The molecule has 0 unspecified atom stereocenters. The van der Waals surface area contributed by atoms with Gasteiger partial charge in [0.15, 0.2) is 0 Å². The zero-order valence-electron chi connectivity index (χ0n) is 10.6. The molecule has 2 aromatic rings. The van der Waals surface area contributed by atoms with Crippen LogP contribution in [0, 0.1) is 0 Å². The van der Waals surface area contributed by atoms with Gasteiger partial charge in [-0.05, 0) is 22.9 Å². The summed E-state index contributed by atoms with van der Waals surface area (Å²) in [5.74, 6) is 0.639. The lowest BCUT2D eigenvalue weighted by Crippen LogP contribution is -2.15. The Hall–Kier alpha value is -1.46. The number of nitrogens with zero attached hydrogens (tertiary/aromatic N) is 1. The quantitative estimate of drug-likeness (QED) is 0.861. The maximum absolute atomic E-state index is 11.9. The monoisotopic (exact) mass is 322 g/mol. The van der Waals surface area contributed by atoms with Crippen molar-refractivity contribution in [1.29, 1.82) is 0 Å². The third kappa shape index (κ3) is 3.52. The van der Waals surface area contributed by atoms with Gasteiger partial charge in [-0.25, -0.2) is 4.98 Å². The molecule has 0 aliphatic carbocycles. The van der Waals surface area contributed by atoms with Crippen LogP contribution < -0.4 is 5.56 Å². The van der Waals surface area contributed by atoms with E-state index in [4.69, 9.17) is 4.74 Å². The molecule has 4 nitrogen and oxygen atoms in total. The smallest absolute Gasteiger partial charge is 0.265 e. The normalized spacial score (nSPS) is 10.6. The molecule has 0 spiro atoms. The standard InChI is InChI=1S/C14H15BrN2O2/c1-2-19-9-8-11-16-13(12(15)14(18)17-11)10-6-4-3-5-7-10/h3-7H,2,8-9H2,1H3,(H,16,17,18). The van der Waals surface area contributed by atoms with E-state index in [1.165, 1.54) is 0 Å². The van der Waals surface area contributed by atoms with E-state index in [0.717, 1.165) is 5.56 Å². The van der Waals surface area contributed by atoms with Crippen LogP contribution in [0.1, 0.15) is 12.7 Å². The summed E-state index contributed by atoms with van der Waals surface area (Å²) in [7, 11) is 0. The average Bonchev–Trinajstić information content (AvgIpc) is 2.44. The highest BCUT2D eigenvalue weighted by Gasteiger charge is 2.10. The van der Waals surface area contributed by atoms with Gasteiger partial charge in [-0.3, -0.25) is 4.79 Å². The molecule has 0 saturated heterocycles. The lowest BCUT2D eigenvalue weighted by Gasteiger charge is -2.07. The topological polar surface area (TPSA) is 55.0 Å². The van der Waals surface area contributed by atoms with E-state index in [2.05, 4.69) is 25.9 Å². The molecule has 1 heterocycles. The summed E-state index contributed by atoms with van der Waals surface area (Å²) >= 11 is 3.30. The molecule has 1 aromatic heterocycles. The molecule has 1 aromatic carbocycles. The van der Waals surface area contributed by atoms with Crippen LogP contribution in [0.4, 0.5) is 0 Å². The summed E-state index contributed by atoms with van der Waals surface area (Å²) < 4.78 is 5.74. The largest absolute Gasteiger partial charge is 0.381 e. The Kier molecular flexibility index (Phi) is 4.87. The zero-order valence-corrected chi connectivity index (χ0v) is 12.2. The number of hydrogen-bond donors (Lipinski definition) is 1. The van der Waals surface area contributed by atoms with Crippen molar-refractivity contribution in [2.75, 3.05) is 13.2 Å². The third-order valence-corrected chi connectivity index (χ3v) is 3.38. The highest BCUT2D eigenvalue weighted by Crippen LogP contribution is 2.22. The van der Waals surface area contributed by atoms with Gasteiger partial charge in [0.1, 0.15) is 10.3 Å². The van der Waals surface area contributed by atoms with Crippen molar-refractivity contribution in [3.63, 3.8) is 0 Å². The lowest BCUT2D eigenvalue weighted by atomic mass is 10.1. The second kappa shape index (κ2) is 6.63. The van der Waals surface area contributed by atoms with Crippen LogP contribution in [0.3, 0.4) is 0 Å². The van der Waals surface area contributed by atoms with E-state index in [-0.39, 0.29) is 5.56 Å². The molecule has 5 heteroatoms. The van der Waals surface area contributed by atoms with Gasteiger partial charge in [0.2, 0.25) is 0 Å². The van der Waals surface area contributed by atoms with Gasteiger partial charge in [-0.2, -0.15) is 0 Å². The van der Waals surface area contributed by atoms with Crippen molar-refractivity contribution in [3.05, 3.63) is 51.0 Å². The molecule has 2 rings (SSSR count). The van der Waals surface area contributed by atoms with Crippen LogP contribution in [0.2, 0.25) is 0 Å². The molecule has 0 saturated carbocycles. The first kappa shape index (κ1) is 14.0. The van der Waals surface area contributed by atoms with E-state index in [1.807, 2.05) is 37.3 Å². The summed E-state index contributed by atoms with van der Waals surface area (Å²) in [5, 5.41) is 0. The molecule has 19 heavy (non-hydrogen) atoms. The number of benzene rings is 1. The van der Waals surface area contributed by atoms with Gasteiger partial charge in [-0.1, -0.05) is 30.3 Å². The van der Waals surface area contributed by atoms with Crippen LogP contribution >= 0.6 is 15.9 Å². The molecule has 100 valence electrons. The fourth-order valence-electron chi connectivity index (χ4n) is 1.72. The van der Waals surface area contributed by atoms with E-state index < -0.39 is 0 Å². The van der Waals surface area contributed by atoms with Gasteiger partial charge in [-0.15, -0.1) is 0 Å². The Morgan fingerprint density at radius 1 is 1.32 bits per heavy atom. The minimum Gasteiger partial charge on any atom is -0.381 e. The maximum Gasteiger partial charge on any atom is 0.265 e. The molecule has 0 fully saturated rings. The summed E-state index contributed by atoms with van der Waals surface area (Å²) in [6.45, 7) is 3.15. The number of ether oxygens (including phenoxy) is 1.